The van der Waals surface area contributed by atoms with Crippen molar-refractivity contribution in [3.05, 3.63) is 42.2 Å². The van der Waals surface area contributed by atoms with Crippen molar-refractivity contribution in [1.82, 2.24) is 19.5 Å². The van der Waals surface area contributed by atoms with E-state index in [1.165, 1.54) is 18.9 Å². The predicted octanol–water partition coefficient (Wildman–Crippen LogP) is 3.71. The van der Waals surface area contributed by atoms with Gasteiger partial charge in [0.1, 0.15) is 18.0 Å². The van der Waals surface area contributed by atoms with Gasteiger partial charge in [0, 0.05) is 17.3 Å². The van der Waals surface area contributed by atoms with Crippen LogP contribution in [0.3, 0.4) is 0 Å². The fourth-order valence-corrected chi connectivity index (χ4v) is 2.31. The lowest BCUT2D eigenvalue weighted by molar-refractivity contribution is -0.139. The summed E-state index contributed by atoms with van der Waals surface area (Å²) in [6.07, 6.45) is -0.336. The molecule has 0 N–H and O–H groups in total. The summed E-state index contributed by atoms with van der Waals surface area (Å²) in [7, 11) is 0. The summed E-state index contributed by atoms with van der Waals surface area (Å²) in [6.45, 7) is -1.09. The molecule has 0 spiro atoms. The first-order valence-electron chi connectivity index (χ1n) is 5.92. The molecule has 0 amide bonds. The molecule has 2 heterocycles. The second kappa shape index (κ2) is 5.00. The third-order valence-corrected chi connectivity index (χ3v) is 3.25. The molecule has 0 radical (unpaired) electrons. The van der Waals surface area contributed by atoms with Gasteiger partial charge in [0.05, 0.1) is 17.4 Å². The van der Waals surface area contributed by atoms with E-state index >= 15 is 0 Å². The number of hydrogen-bond donors (Lipinski definition) is 0. The Kier molecular flexibility index (Phi) is 3.29. The maximum Gasteiger partial charge on any atom is 0.406 e. The number of benzene rings is 1. The van der Waals surface area contributed by atoms with E-state index in [1.807, 2.05) is 0 Å². The highest BCUT2D eigenvalue weighted by molar-refractivity contribution is 6.32. The Hall–Kier alpha value is -2.15. The van der Waals surface area contributed by atoms with Crippen LogP contribution < -0.4 is 0 Å². The molecule has 3 rings (SSSR count). The van der Waals surface area contributed by atoms with Crippen molar-refractivity contribution in [2.24, 2.45) is 0 Å². The summed E-state index contributed by atoms with van der Waals surface area (Å²) < 4.78 is 38.7. The van der Waals surface area contributed by atoms with Crippen molar-refractivity contribution in [1.29, 1.82) is 0 Å². The third-order valence-electron chi connectivity index (χ3n) is 2.95. The van der Waals surface area contributed by atoms with E-state index in [4.69, 9.17) is 11.6 Å². The number of nitrogens with zero attached hydrogens (tertiary/aromatic N) is 4. The molecule has 3 aromatic rings. The van der Waals surface area contributed by atoms with Gasteiger partial charge in [-0.05, 0) is 6.07 Å². The molecule has 1 aromatic carbocycles. The maximum atomic E-state index is 12.5. The first-order valence-corrected chi connectivity index (χ1v) is 6.30. The highest BCUT2D eigenvalue weighted by atomic mass is 35.5. The van der Waals surface area contributed by atoms with Gasteiger partial charge in [-0.25, -0.2) is 15.0 Å². The average Bonchev–Trinajstić information content (AvgIpc) is 2.81. The number of fused-ring (bicyclic) bond motifs is 1. The number of imidazole rings is 1. The van der Waals surface area contributed by atoms with Crippen molar-refractivity contribution in [2.75, 3.05) is 0 Å². The Morgan fingerprint density at radius 1 is 1.14 bits per heavy atom. The van der Waals surface area contributed by atoms with Crippen molar-refractivity contribution in [3.8, 4) is 11.1 Å². The minimum Gasteiger partial charge on any atom is -0.321 e. The summed E-state index contributed by atoms with van der Waals surface area (Å²) in [5.41, 5.74) is 1.93. The quantitative estimate of drug-likeness (QED) is 0.678. The van der Waals surface area contributed by atoms with Crippen molar-refractivity contribution in [2.45, 2.75) is 12.7 Å². The molecule has 0 atom stereocenters. The standard InChI is InChI=1S/C13H8ClF3N4/c14-12-9(4-18-6-19-12)8-2-1-3-10-11(8)20-7-21(10)5-13(15,16)17/h1-4,6-7H,5H2. The number of rotatable bonds is 2. The van der Waals surface area contributed by atoms with E-state index in [1.54, 1.807) is 18.2 Å². The second-order valence-corrected chi connectivity index (χ2v) is 4.75. The number of para-hydroxylation sites is 1. The summed E-state index contributed by atoms with van der Waals surface area (Å²) in [4.78, 5) is 11.8. The zero-order valence-electron chi connectivity index (χ0n) is 10.5. The van der Waals surface area contributed by atoms with Crippen LogP contribution in [0.25, 0.3) is 22.2 Å². The summed E-state index contributed by atoms with van der Waals surface area (Å²) in [6, 6.07) is 4.95. The summed E-state index contributed by atoms with van der Waals surface area (Å²) >= 11 is 6.01. The number of aromatic nitrogens is 4. The normalized spacial score (nSPS) is 12.0. The lowest BCUT2D eigenvalue weighted by Crippen LogP contribution is -2.16. The van der Waals surface area contributed by atoms with Crippen molar-refractivity contribution < 1.29 is 13.2 Å². The summed E-state index contributed by atoms with van der Waals surface area (Å²) in [5.74, 6) is 0. The highest BCUT2D eigenvalue weighted by Crippen LogP contribution is 2.31. The molecule has 0 fully saturated rings. The van der Waals surface area contributed by atoms with Gasteiger partial charge in [-0.2, -0.15) is 13.2 Å². The third kappa shape index (κ3) is 2.69. The first-order chi connectivity index (χ1) is 9.96. The molecule has 0 bridgehead atoms. The van der Waals surface area contributed by atoms with Gasteiger partial charge >= 0.3 is 6.18 Å². The van der Waals surface area contributed by atoms with E-state index in [0.717, 1.165) is 4.57 Å². The smallest absolute Gasteiger partial charge is 0.321 e. The van der Waals surface area contributed by atoms with Crippen LogP contribution in [-0.4, -0.2) is 25.7 Å². The Bertz CT molecular complexity index is 797. The van der Waals surface area contributed by atoms with Gasteiger partial charge in [0.25, 0.3) is 0 Å². The molecule has 0 aliphatic carbocycles. The van der Waals surface area contributed by atoms with Crippen LogP contribution in [0.15, 0.2) is 37.1 Å². The fourth-order valence-electron chi connectivity index (χ4n) is 2.12. The number of hydrogen-bond acceptors (Lipinski definition) is 3. The molecule has 0 aliphatic heterocycles. The van der Waals surface area contributed by atoms with Gasteiger partial charge < -0.3 is 4.57 Å². The van der Waals surface area contributed by atoms with Gasteiger partial charge in [-0.15, -0.1) is 0 Å². The fraction of sp³-hybridized carbons (Fsp3) is 0.154. The second-order valence-electron chi connectivity index (χ2n) is 4.39. The van der Waals surface area contributed by atoms with Gasteiger partial charge in [-0.1, -0.05) is 23.7 Å². The number of halogens is 4. The maximum absolute atomic E-state index is 12.5. The molecule has 8 heteroatoms. The van der Waals surface area contributed by atoms with Gasteiger partial charge in [0.15, 0.2) is 0 Å². The molecule has 0 aliphatic rings. The lowest BCUT2D eigenvalue weighted by atomic mass is 10.1. The Labute approximate surface area is 122 Å². The van der Waals surface area contributed by atoms with E-state index in [2.05, 4.69) is 15.0 Å². The predicted molar refractivity (Wildman–Crippen MR) is 71.8 cm³/mol. The molecular formula is C13H8ClF3N4. The van der Waals surface area contributed by atoms with Crippen LogP contribution in [0.1, 0.15) is 0 Å². The first kappa shape index (κ1) is 13.8. The monoisotopic (exact) mass is 312 g/mol. The molecular weight excluding hydrogens is 305 g/mol. The zero-order valence-corrected chi connectivity index (χ0v) is 11.2. The SMILES string of the molecule is FC(F)(F)Cn1cnc2c(-c3cncnc3Cl)cccc21. The zero-order chi connectivity index (χ0) is 15.0. The molecule has 0 saturated carbocycles. The molecule has 21 heavy (non-hydrogen) atoms. The van der Waals surface area contributed by atoms with Gasteiger partial charge in [0.2, 0.25) is 0 Å². The van der Waals surface area contributed by atoms with Crippen molar-refractivity contribution >= 4 is 22.6 Å². The van der Waals surface area contributed by atoms with E-state index in [-0.39, 0.29) is 5.15 Å². The van der Waals surface area contributed by atoms with E-state index < -0.39 is 12.7 Å². The molecule has 0 unspecified atom stereocenters. The minimum absolute atomic E-state index is 0.225. The van der Waals surface area contributed by atoms with E-state index in [9.17, 15) is 13.2 Å². The van der Waals surface area contributed by atoms with Crippen LogP contribution in [-0.2, 0) is 6.54 Å². The minimum atomic E-state index is -4.31. The number of alkyl halides is 3. The Balaban J connectivity index is 2.17. The highest BCUT2D eigenvalue weighted by Gasteiger charge is 2.28. The van der Waals surface area contributed by atoms with Crippen LogP contribution in [0.2, 0.25) is 5.15 Å². The van der Waals surface area contributed by atoms with Crippen molar-refractivity contribution in [3.63, 3.8) is 0 Å². The Morgan fingerprint density at radius 3 is 2.67 bits per heavy atom. The van der Waals surface area contributed by atoms with E-state index in [0.29, 0.717) is 22.2 Å². The largest absolute Gasteiger partial charge is 0.406 e. The topological polar surface area (TPSA) is 43.6 Å². The van der Waals surface area contributed by atoms with Crippen LogP contribution >= 0.6 is 11.6 Å². The molecule has 2 aromatic heterocycles. The lowest BCUT2D eigenvalue weighted by Gasteiger charge is -2.09. The molecule has 108 valence electrons. The Morgan fingerprint density at radius 2 is 1.95 bits per heavy atom. The van der Waals surface area contributed by atoms with Crippen LogP contribution in [0.4, 0.5) is 13.2 Å². The van der Waals surface area contributed by atoms with Gasteiger partial charge in [-0.3, -0.25) is 0 Å². The van der Waals surface area contributed by atoms with Crippen LogP contribution in [0.5, 0.6) is 0 Å². The average molecular weight is 313 g/mol. The molecule has 4 nitrogen and oxygen atoms in total. The molecule has 0 saturated heterocycles. The van der Waals surface area contributed by atoms with Crippen LogP contribution in [0, 0.1) is 0 Å². The summed E-state index contributed by atoms with van der Waals surface area (Å²) in [5, 5.41) is 0.225.